The summed E-state index contributed by atoms with van der Waals surface area (Å²) in [6.07, 6.45) is 0. The lowest BCUT2D eigenvalue weighted by molar-refractivity contribution is -0.158. The molecule has 1 aliphatic rings. The average Bonchev–Trinajstić information content (AvgIpc) is 2.87. The first-order valence-corrected chi connectivity index (χ1v) is 7.49. The summed E-state index contributed by atoms with van der Waals surface area (Å²) in [5.74, 6) is -0.778. The molecule has 1 unspecified atom stereocenters. The van der Waals surface area contributed by atoms with Gasteiger partial charge in [-0.25, -0.2) is 4.79 Å². The van der Waals surface area contributed by atoms with Crippen molar-refractivity contribution in [3.8, 4) is 0 Å². The Morgan fingerprint density at radius 3 is 2.70 bits per heavy atom. The predicted octanol–water partition coefficient (Wildman–Crippen LogP) is 0.364. The van der Waals surface area contributed by atoms with Crippen LogP contribution in [-0.4, -0.2) is 52.6 Å². The highest BCUT2D eigenvalue weighted by Crippen LogP contribution is 2.17. The summed E-state index contributed by atoms with van der Waals surface area (Å²) in [6, 6.07) is 7.75. The van der Waals surface area contributed by atoms with Crippen LogP contribution in [0.4, 0.5) is 0 Å². The van der Waals surface area contributed by atoms with Crippen molar-refractivity contribution in [1.82, 2.24) is 4.90 Å². The van der Waals surface area contributed by atoms with Gasteiger partial charge in [-0.15, -0.1) is 0 Å². The number of rotatable bonds is 4. The van der Waals surface area contributed by atoms with Gasteiger partial charge in [-0.1, -0.05) is 18.2 Å². The van der Waals surface area contributed by atoms with Crippen LogP contribution in [0.1, 0.15) is 10.4 Å². The number of carbonyl (C=O) groups excluding carboxylic acids is 2. The molecule has 1 fully saturated rings. The van der Waals surface area contributed by atoms with Crippen LogP contribution < -0.4 is 0 Å². The van der Waals surface area contributed by atoms with Crippen LogP contribution in [-0.2, 0) is 25.1 Å². The van der Waals surface area contributed by atoms with Crippen LogP contribution in [0.15, 0.2) is 30.3 Å². The van der Waals surface area contributed by atoms with Crippen molar-refractivity contribution in [1.29, 1.82) is 0 Å². The fourth-order valence-corrected chi connectivity index (χ4v) is 3.30. The van der Waals surface area contributed by atoms with Crippen molar-refractivity contribution in [3.63, 3.8) is 0 Å². The first kappa shape index (κ1) is 14.7. The molecule has 6 nitrogen and oxygen atoms in total. The molecule has 0 aliphatic carbocycles. The molecule has 108 valence electrons. The molecule has 2 rings (SSSR count). The molecule has 0 bridgehead atoms. The number of benzene rings is 1. The second-order valence-electron chi connectivity index (χ2n) is 4.26. The van der Waals surface area contributed by atoms with Gasteiger partial charge in [0.15, 0.2) is 6.79 Å². The third kappa shape index (κ3) is 3.23. The number of methoxy groups -OCH3 is 1. The Bertz CT molecular complexity index is 519. The molecule has 1 aromatic carbocycles. The van der Waals surface area contributed by atoms with E-state index < -0.39 is 22.8 Å². The molecule has 1 saturated heterocycles. The first-order chi connectivity index (χ1) is 9.63. The third-order valence-corrected chi connectivity index (χ3v) is 4.13. The van der Waals surface area contributed by atoms with Crippen molar-refractivity contribution in [2.24, 2.45) is 0 Å². The van der Waals surface area contributed by atoms with Gasteiger partial charge < -0.3 is 14.4 Å². The van der Waals surface area contributed by atoms with Gasteiger partial charge in [0.05, 0.1) is 11.6 Å². The molecule has 1 aromatic rings. The molecular formula is C13H15NO5S. The van der Waals surface area contributed by atoms with E-state index in [-0.39, 0.29) is 24.3 Å². The molecule has 2 atom stereocenters. The Hall–Kier alpha value is -1.73. The first-order valence-electron chi connectivity index (χ1n) is 6.00. The lowest BCUT2D eigenvalue weighted by atomic mass is 10.2. The number of ether oxygens (including phenoxy) is 2. The van der Waals surface area contributed by atoms with Crippen LogP contribution in [0.5, 0.6) is 0 Å². The van der Waals surface area contributed by atoms with Crippen LogP contribution in [0, 0.1) is 0 Å². The zero-order chi connectivity index (χ0) is 14.5. The Kier molecular flexibility index (Phi) is 4.86. The van der Waals surface area contributed by atoms with E-state index in [0.717, 1.165) is 0 Å². The summed E-state index contributed by atoms with van der Waals surface area (Å²) in [5, 5.41) is 0. The SMILES string of the molecule is COCOC(=O)[C@@H]1CS(=O)CN1C(=O)c1ccccc1. The zero-order valence-electron chi connectivity index (χ0n) is 11.0. The van der Waals surface area contributed by atoms with Crippen molar-refractivity contribution in [2.75, 3.05) is 25.5 Å². The largest absolute Gasteiger partial charge is 0.437 e. The fourth-order valence-electron chi connectivity index (χ4n) is 1.92. The van der Waals surface area contributed by atoms with E-state index in [1.807, 2.05) is 0 Å². The Labute approximate surface area is 119 Å². The molecule has 7 heteroatoms. The predicted molar refractivity (Wildman–Crippen MR) is 72.2 cm³/mol. The van der Waals surface area contributed by atoms with Crippen molar-refractivity contribution >= 4 is 22.7 Å². The molecule has 0 N–H and O–H groups in total. The van der Waals surface area contributed by atoms with Gasteiger partial charge in [0, 0.05) is 23.5 Å². The van der Waals surface area contributed by atoms with Gasteiger partial charge in [0.1, 0.15) is 6.04 Å². The molecule has 20 heavy (non-hydrogen) atoms. The van der Waals surface area contributed by atoms with E-state index in [1.165, 1.54) is 12.0 Å². The molecule has 0 aromatic heterocycles. The highest BCUT2D eigenvalue weighted by atomic mass is 32.2. The van der Waals surface area contributed by atoms with Gasteiger partial charge in [-0.2, -0.15) is 0 Å². The molecule has 1 heterocycles. The van der Waals surface area contributed by atoms with Crippen LogP contribution in [0.2, 0.25) is 0 Å². The lowest BCUT2D eigenvalue weighted by Crippen LogP contribution is -2.42. The zero-order valence-corrected chi connectivity index (χ0v) is 11.8. The van der Waals surface area contributed by atoms with E-state index >= 15 is 0 Å². The highest BCUT2D eigenvalue weighted by Gasteiger charge is 2.39. The number of hydrogen-bond donors (Lipinski definition) is 0. The quantitative estimate of drug-likeness (QED) is 0.593. The normalized spacial score (nSPS) is 21.8. The van der Waals surface area contributed by atoms with Gasteiger partial charge in [0.25, 0.3) is 5.91 Å². The molecular weight excluding hydrogens is 282 g/mol. The van der Waals surface area contributed by atoms with Crippen LogP contribution >= 0.6 is 0 Å². The topological polar surface area (TPSA) is 72.9 Å². The number of carbonyl (C=O) groups is 2. The van der Waals surface area contributed by atoms with Crippen LogP contribution in [0.25, 0.3) is 0 Å². The smallest absolute Gasteiger partial charge is 0.331 e. The number of esters is 1. The van der Waals surface area contributed by atoms with E-state index in [0.29, 0.717) is 5.56 Å². The second kappa shape index (κ2) is 6.62. The monoisotopic (exact) mass is 297 g/mol. The maximum absolute atomic E-state index is 12.3. The maximum Gasteiger partial charge on any atom is 0.331 e. The van der Waals surface area contributed by atoms with E-state index in [1.54, 1.807) is 30.3 Å². The van der Waals surface area contributed by atoms with Gasteiger partial charge in [-0.3, -0.25) is 9.00 Å². The highest BCUT2D eigenvalue weighted by molar-refractivity contribution is 7.85. The Morgan fingerprint density at radius 2 is 2.05 bits per heavy atom. The second-order valence-corrected chi connectivity index (χ2v) is 5.73. The van der Waals surface area contributed by atoms with Gasteiger partial charge in [0.2, 0.25) is 0 Å². The van der Waals surface area contributed by atoms with Crippen molar-refractivity contribution in [2.45, 2.75) is 6.04 Å². The third-order valence-electron chi connectivity index (χ3n) is 2.88. The Morgan fingerprint density at radius 1 is 1.35 bits per heavy atom. The minimum absolute atomic E-state index is 0.0421. The van der Waals surface area contributed by atoms with E-state index in [4.69, 9.17) is 4.74 Å². The summed E-state index contributed by atoms with van der Waals surface area (Å²) in [5.41, 5.74) is 0.455. The van der Waals surface area contributed by atoms with Crippen molar-refractivity contribution < 1.29 is 23.3 Å². The van der Waals surface area contributed by atoms with Gasteiger partial charge in [-0.05, 0) is 12.1 Å². The summed E-state index contributed by atoms with van der Waals surface area (Å²) in [7, 11) is 0.156. The average molecular weight is 297 g/mol. The fraction of sp³-hybridized carbons (Fsp3) is 0.385. The molecule has 1 aliphatic heterocycles. The number of hydrogen-bond acceptors (Lipinski definition) is 5. The summed E-state index contributed by atoms with van der Waals surface area (Å²) in [6.45, 7) is -0.185. The van der Waals surface area contributed by atoms with Crippen LogP contribution in [0.3, 0.4) is 0 Å². The minimum Gasteiger partial charge on any atom is -0.437 e. The van der Waals surface area contributed by atoms with E-state index in [2.05, 4.69) is 4.74 Å². The summed E-state index contributed by atoms with van der Waals surface area (Å²) >= 11 is 0. The molecule has 0 saturated carbocycles. The summed E-state index contributed by atoms with van der Waals surface area (Å²) in [4.78, 5) is 25.5. The molecule has 1 amide bonds. The summed E-state index contributed by atoms with van der Waals surface area (Å²) < 4.78 is 21.2. The Balaban J connectivity index is 2.14. The number of amides is 1. The number of nitrogens with zero attached hydrogens (tertiary/aromatic N) is 1. The van der Waals surface area contributed by atoms with Gasteiger partial charge >= 0.3 is 5.97 Å². The minimum atomic E-state index is -1.24. The molecule has 0 radical (unpaired) electrons. The molecule has 0 spiro atoms. The maximum atomic E-state index is 12.3. The van der Waals surface area contributed by atoms with Crippen molar-refractivity contribution in [3.05, 3.63) is 35.9 Å². The standard InChI is InChI=1S/C13H15NO5S/c1-18-9-19-13(16)11-7-20(17)8-14(11)12(15)10-5-3-2-4-6-10/h2-6,11H,7-9H2,1H3/t11-,20?/m0/s1. The van der Waals surface area contributed by atoms with E-state index in [9.17, 15) is 13.8 Å². The lowest BCUT2D eigenvalue weighted by Gasteiger charge is -2.21.